The zero-order valence-corrected chi connectivity index (χ0v) is 12.7. The highest BCUT2D eigenvalue weighted by atomic mass is 16.6. The Labute approximate surface area is 137 Å². The Balaban J connectivity index is 1.93. The van der Waals surface area contributed by atoms with Crippen LogP contribution in [0.3, 0.4) is 0 Å². The number of benzene rings is 2. The number of hydrogen-bond acceptors (Lipinski definition) is 5. The summed E-state index contributed by atoms with van der Waals surface area (Å²) in [6.45, 7) is 0. The molecule has 0 bridgehead atoms. The van der Waals surface area contributed by atoms with Gasteiger partial charge >= 0.3 is 0 Å². The van der Waals surface area contributed by atoms with E-state index in [1.807, 2.05) is 18.2 Å². The van der Waals surface area contributed by atoms with E-state index in [0.29, 0.717) is 11.3 Å². The van der Waals surface area contributed by atoms with Gasteiger partial charge in [0.1, 0.15) is 11.4 Å². The fourth-order valence-electron chi connectivity index (χ4n) is 2.29. The van der Waals surface area contributed by atoms with Crippen molar-refractivity contribution in [3.05, 3.63) is 70.4 Å². The van der Waals surface area contributed by atoms with Crippen LogP contribution in [0.5, 0.6) is 5.75 Å². The molecule has 0 unspecified atom stereocenters. The fourth-order valence-corrected chi connectivity index (χ4v) is 2.29. The molecule has 0 saturated heterocycles. The van der Waals surface area contributed by atoms with E-state index in [-0.39, 0.29) is 17.1 Å². The number of aromatic nitrogens is 1. The first kappa shape index (κ1) is 15.4. The summed E-state index contributed by atoms with van der Waals surface area (Å²) >= 11 is 0. The summed E-state index contributed by atoms with van der Waals surface area (Å²) in [6.07, 6.45) is 0. The van der Waals surface area contributed by atoms with Crippen molar-refractivity contribution in [3.63, 3.8) is 0 Å². The molecular weight excluding hydrogens is 310 g/mol. The van der Waals surface area contributed by atoms with Gasteiger partial charge in [-0.1, -0.05) is 24.3 Å². The first-order valence-electron chi connectivity index (χ1n) is 7.08. The molecule has 0 aliphatic heterocycles. The van der Waals surface area contributed by atoms with Crippen molar-refractivity contribution >= 4 is 28.2 Å². The van der Waals surface area contributed by atoms with Crippen LogP contribution in [-0.4, -0.2) is 22.9 Å². The molecule has 1 amide bonds. The van der Waals surface area contributed by atoms with Crippen molar-refractivity contribution in [2.24, 2.45) is 0 Å². The molecule has 0 atom stereocenters. The maximum atomic E-state index is 12.4. The minimum absolute atomic E-state index is 0.141. The fraction of sp³-hybridized carbons (Fsp3) is 0.0588. The van der Waals surface area contributed by atoms with Gasteiger partial charge in [-0.15, -0.1) is 0 Å². The number of carbonyl (C=O) groups is 1. The molecule has 0 fully saturated rings. The lowest BCUT2D eigenvalue weighted by Crippen LogP contribution is -2.14. The van der Waals surface area contributed by atoms with Crippen molar-refractivity contribution in [3.8, 4) is 5.75 Å². The molecule has 0 radical (unpaired) electrons. The number of carbonyl (C=O) groups excluding carboxylic acids is 1. The van der Waals surface area contributed by atoms with Crippen molar-refractivity contribution in [2.45, 2.75) is 0 Å². The number of anilines is 1. The average Bonchev–Trinajstić information content (AvgIpc) is 2.61. The Kier molecular flexibility index (Phi) is 4.07. The molecule has 0 aliphatic carbocycles. The Morgan fingerprint density at radius 1 is 1.17 bits per heavy atom. The van der Waals surface area contributed by atoms with Crippen LogP contribution in [0, 0.1) is 10.1 Å². The van der Waals surface area contributed by atoms with Gasteiger partial charge in [0, 0.05) is 17.5 Å². The van der Waals surface area contributed by atoms with Crippen LogP contribution >= 0.6 is 0 Å². The largest absolute Gasteiger partial charge is 0.495 e. The number of ether oxygens (including phenoxy) is 1. The topological polar surface area (TPSA) is 94.4 Å². The van der Waals surface area contributed by atoms with Gasteiger partial charge in [0.15, 0.2) is 0 Å². The number of fused-ring (bicyclic) bond motifs is 1. The summed E-state index contributed by atoms with van der Waals surface area (Å²) in [5.74, 6) is -0.144. The minimum Gasteiger partial charge on any atom is -0.495 e. The standard InChI is InChI=1S/C17H13N3O4/c1-24-16-9-7-12(20(22)23)10-15(16)19-17(21)14-8-6-11-4-2-3-5-13(11)18-14/h2-10H,1H3,(H,19,21). The van der Waals surface area contributed by atoms with E-state index in [1.54, 1.807) is 18.2 Å². The van der Waals surface area contributed by atoms with Gasteiger partial charge in [0.2, 0.25) is 0 Å². The Bertz CT molecular complexity index is 940. The van der Waals surface area contributed by atoms with Gasteiger partial charge in [-0.2, -0.15) is 0 Å². The summed E-state index contributed by atoms with van der Waals surface area (Å²) in [5, 5.41) is 14.4. The normalized spacial score (nSPS) is 10.4. The Morgan fingerprint density at radius 3 is 2.71 bits per heavy atom. The van der Waals surface area contributed by atoms with E-state index >= 15 is 0 Å². The number of amides is 1. The number of nitrogens with one attached hydrogen (secondary N) is 1. The van der Waals surface area contributed by atoms with Crippen molar-refractivity contribution in [2.75, 3.05) is 12.4 Å². The van der Waals surface area contributed by atoms with Gasteiger partial charge < -0.3 is 10.1 Å². The molecule has 120 valence electrons. The third-order valence-corrected chi connectivity index (χ3v) is 3.47. The highest BCUT2D eigenvalue weighted by molar-refractivity contribution is 6.05. The lowest BCUT2D eigenvalue weighted by molar-refractivity contribution is -0.384. The molecule has 7 heteroatoms. The zero-order valence-electron chi connectivity index (χ0n) is 12.7. The Morgan fingerprint density at radius 2 is 1.96 bits per heavy atom. The maximum absolute atomic E-state index is 12.4. The van der Waals surface area contributed by atoms with Crippen LogP contribution in [0.4, 0.5) is 11.4 Å². The molecule has 1 aromatic heterocycles. The number of non-ortho nitro benzene ring substituents is 1. The van der Waals surface area contributed by atoms with Crippen LogP contribution in [0.15, 0.2) is 54.6 Å². The minimum atomic E-state index is -0.538. The smallest absolute Gasteiger partial charge is 0.274 e. The van der Waals surface area contributed by atoms with Crippen LogP contribution < -0.4 is 10.1 Å². The van der Waals surface area contributed by atoms with Gasteiger partial charge in [0.25, 0.3) is 11.6 Å². The average molecular weight is 323 g/mol. The maximum Gasteiger partial charge on any atom is 0.274 e. The quantitative estimate of drug-likeness (QED) is 0.586. The summed E-state index contributed by atoms with van der Waals surface area (Å²) in [6, 6.07) is 14.8. The van der Waals surface area contributed by atoms with Crippen molar-refractivity contribution in [1.82, 2.24) is 4.98 Å². The molecule has 24 heavy (non-hydrogen) atoms. The van der Waals surface area contributed by atoms with Gasteiger partial charge in [-0.05, 0) is 18.2 Å². The third kappa shape index (κ3) is 3.00. The lowest BCUT2D eigenvalue weighted by Gasteiger charge is -2.10. The first-order valence-corrected chi connectivity index (χ1v) is 7.08. The van der Waals surface area contributed by atoms with Gasteiger partial charge in [0.05, 0.1) is 23.2 Å². The summed E-state index contributed by atoms with van der Waals surface area (Å²) in [5.41, 5.74) is 0.975. The molecule has 3 rings (SSSR count). The second-order valence-electron chi connectivity index (χ2n) is 4.99. The summed E-state index contributed by atoms with van der Waals surface area (Å²) in [4.78, 5) is 27.1. The van der Waals surface area contributed by atoms with E-state index in [0.717, 1.165) is 5.39 Å². The zero-order chi connectivity index (χ0) is 17.1. The second-order valence-corrected chi connectivity index (χ2v) is 4.99. The molecule has 3 aromatic rings. The van der Waals surface area contributed by atoms with Gasteiger partial charge in [-0.25, -0.2) is 4.98 Å². The highest BCUT2D eigenvalue weighted by Gasteiger charge is 2.15. The Hall–Kier alpha value is -3.48. The molecule has 0 saturated carbocycles. The van der Waals surface area contributed by atoms with Crippen molar-refractivity contribution in [1.29, 1.82) is 0 Å². The molecule has 0 aliphatic rings. The van der Waals surface area contributed by atoms with Crippen molar-refractivity contribution < 1.29 is 14.5 Å². The number of nitro groups is 1. The lowest BCUT2D eigenvalue weighted by atomic mass is 10.2. The summed E-state index contributed by atoms with van der Waals surface area (Å²) in [7, 11) is 1.42. The molecule has 7 nitrogen and oxygen atoms in total. The molecule has 1 N–H and O–H groups in total. The molecule has 0 spiro atoms. The van der Waals surface area contributed by atoms with E-state index in [4.69, 9.17) is 4.74 Å². The number of nitro benzene ring substituents is 1. The number of pyridine rings is 1. The SMILES string of the molecule is COc1ccc([N+](=O)[O-])cc1NC(=O)c1ccc2ccccc2n1. The monoisotopic (exact) mass is 323 g/mol. The molecule has 1 heterocycles. The van der Waals surface area contributed by atoms with E-state index in [1.165, 1.54) is 25.3 Å². The van der Waals surface area contributed by atoms with Crippen LogP contribution in [0.1, 0.15) is 10.5 Å². The van der Waals surface area contributed by atoms with Crippen LogP contribution in [-0.2, 0) is 0 Å². The predicted molar refractivity (Wildman–Crippen MR) is 89.3 cm³/mol. The predicted octanol–water partition coefficient (Wildman–Crippen LogP) is 3.40. The van der Waals surface area contributed by atoms with Gasteiger partial charge in [-0.3, -0.25) is 14.9 Å². The summed E-state index contributed by atoms with van der Waals surface area (Å²) < 4.78 is 5.13. The number of hydrogen-bond donors (Lipinski definition) is 1. The number of para-hydroxylation sites is 1. The number of nitrogens with zero attached hydrogens (tertiary/aromatic N) is 2. The molecular formula is C17H13N3O4. The highest BCUT2D eigenvalue weighted by Crippen LogP contribution is 2.29. The second kappa shape index (κ2) is 6.33. The number of methoxy groups -OCH3 is 1. The molecule has 2 aromatic carbocycles. The number of rotatable bonds is 4. The van der Waals surface area contributed by atoms with E-state index in [2.05, 4.69) is 10.3 Å². The van der Waals surface area contributed by atoms with Crippen LogP contribution in [0.2, 0.25) is 0 Å². The van der Waals surface area contributed by atoms with Crippen LogP contribution in [0.25, 0.3) is 10.9 Å². The van der Waals surface area contributed by atoms with E-state index < -0.39 is 10.8 Å². The first-order chi connectivity index (χ1) is 11.6. The third-order valence-electron chi connectivity index (χ3n) is 3.47. The van der Waals surface area contributed by atoms with E-state index in [9.17, 15) is 14.9 Å².